The van der Waals surface area contributed by atoms with Gasteiger partial charge in [0, 0.05) is 11.9 Å². The molecular weight excluding hydrogens is 293 g/mol. The topological polar surface area (TPSA) is 29.1 Å². The highest BCUT2D eigenvalue weighted by atomic mass is 35.5. The first kappa shape index (κ1) is 14.0. The van der Waals surface area contributed by atoms with E-state index >= 15 is 0 Å². The maximum absolute atomic E-state index is 12.2. The van der Waals surface area contributed by atoms with Crippen molar-refractivity contribution in [3.63, 3.8) is 0 Å². The van der Waals surface area contributed by atoms with Crippen molar-refractivity contribution < 1.29 is 4.79 Å². The lowest BCUT2D eigenvalue weighted by molar-refractivity contribution is 0.0930. The number of carbonyl (C=O) groups excluding carboxylic acids is 1. The predicted octanol–water partition coefficient (Wildman–Crippen LogP) is 4.13. The molecule has 0 spiro atoms. The van der Waals surface area contributed by atoms with E-state index in [2.05, 4.69) is 5.32 Å². The van der Waals surface area contributed by atoms with Crippen molar-refractivity contribution in [2.45, 2.75) is 25.3 Å². The van der Waals surface area contributed by atoms with E-state index in [-0.39, 0.29) is 11.9 Å². The van der Waals surface area contributed by atoms with Crippen LogP contribution >= 0.6 is 34.8 Å². The number of alkyl halides is 1. The maximum atomic E-state index is 12.2. The SMILES string of the molecule is O=C(NC1CCCC1CCl)c1c(Cl)cccc1Cl. The Morgan fingerprint density at radius 2 is 1.94 bits per heavy atom. The number of benzene rings is 1. The van der Waals surface area contributed by atoms with Crippen LogP contribution in [0.5, 0.6) is 0 Å². The number of carbonyl (C=O) groups is 1. The van der Waals surface area contributed by atoms with Crippen molar-refractivity contribution in [1.82, 2.24) is 5.32 Å². The molecular formula is C13H14Cl3NO. The van der Waals surface area contributed by atoms with Gasteiger partial charge in [0.15, 0.2) is 0 Å². The Morgan fingerprint density at radius 1 is 1.28 bits per heavy atom. The largest absolute Gasteiger partial charge is 0.349 e. The first-order chi connectivity index (χ1) is 8.63. The maximum Gasteiger partial charge on any atom is 0.254 e. The van der Waals surface area contributed by atoms with Gasteiger partial charge in [0.25, 0.3) is 5.91 Å². The average Bonchev–Trinajstić information content (AvgIpc) is 2.76. The van der Waals surface area contributed by atoms with Crippen molar-refractivity contribution >= 4 is 40.7 Å². The minimum atomic E-state index is -0.215. The monoisotopic (exact) mass is 305 g/mol. The summed E-state index contributed by atoms with van der Waals surface area (Å²) < 4.78 is 0. The van der Waals surface area contributed by atoms with Crippen LogP contribution in [-0.4, -0.2) is 17.8 Å². The van der Waals surface area contributed by atoms with Crippen molar-refractivity contribution in [1.29, 1.82) is 0 Å². The molecule has 1 fully saturated rings. The molecule has 0 bridgehead atoms. The molecule has 5 heteroatoms. The van der Waals surface area contributed by atoms with Crippen LogP contribution in [0.2, 0.25) is 10.0 Å². The Bertz CT molecular complexity index is 430. The van der Waals surface area contributed by atoms with Crippen molar-refractivity contribution in [2.24, 2.45) is 5.92 Å². The highest BCUT2D eigenvalue weighted by molar-refractivity contribution is 6.39. The molecule has 98 valence electrons. The molecule has 1 amide bonds. The van der Waals surface area contributed by atoms with Gasteiger partial charge in [-0.1, -0.05) is 35.7 Å². The summed E-state index contributed by atoms with van der Waals surface area (Å²) >= 11 is 17.9. The molecule has 1 aliphatic carbocycles. The average molecular weight is 307 g/mol. The quantitative estimate of drug-likeness (QED) is 0.836. The fourth-order valence-electron chi connectivity index (χ4n) is 2.37. The summed E-state index contributed by atoms with van der Waals surface area (Å²) in [5, 5.41) is 3.74. The van der Waals surface area contributed by atoms with Gasteiger partial charge in [0.05, 0.1) is 15.6 Å². The summed E-state index contributed by atoms with van der Waals surface area (Å²) in [6, 6.07) is 5.17. The van der Waals surface area contributed by atoms with Crippen LogP contribution in [0.1, 0.15) is 29.6 Å². The highest BCUT2D eigenvalue weighted by Gasteiger charge is 2.28. The Labute approximate surface area is 122 Å². The van der Waals surface area contributed by atoms with Crippen molar-refractivity contribution in [3.8, 4) is 0 Å². The molecule has 0 aliphatic heterocycles. The van der Waals surface area contributed by atoms with Gasteiger partial charge in [-0.15, -0.1) is 11.6 Å². The molecule has 2 atom stereocenters. The van der Waals surface area contributed by atoms with Gasteiger partial charge >= 0.3 is 0 Å². The number of amides is 1. The number of rotatable bonds is 3. The molecule has 1 saturated carbocycles. The van der Waals surface area contributed by atoms with Crippen molar-refractivity contribution in [2.75, 3.05) is 5.88 Å². The molecule has 2 rings (SSSR count). The predicted molar refractivity (Wildman–Crippen MR) is 75.8 cm³/mol. The highest BCUT2D eigenvalue weighted by Crippen LogP contribution is 2.29. The molecule has 2 nitrogen and oxygen atoms in total. The van der Waals surface area contributed by atoms with E-state index < -0.39 is 0 Å². The summed E-state index contributed by atoms with van der Waals surface area (Å²) in [6.07, 6.45) is 3.12. The van der Waals surface area contributed by atoms with E-state index in [1.165, 1.54) is 0 Å². The van der Waals surface area contributed by atoms with Gasteiger partial charge in [0.1, 0.15) is 0 Å². The lowest BCUT2D eigenvalue weighted by Gasteiger charge is -2.19. The van der Waals surface area contributed by atoms with Crippen LogP contribution in [0.25, 0.3) is 0 Å². The van der Waals surface area contributed by atoms with Gasteiger partial charge in [-0.3, -0.25) is 4.79 Å². The molecule has 1 aromatic carbocycles. The third-order valence-electron chi connectivity index (χ3n) is 3.36. The lowest BCUT2D eigenvalue weighted by Crippen LogP contribution is -2.38. The number of halogens is 3. The van der Waals surface area contributed by atoms with Crippen LogP contribution in [0.3, 0.4) is 0 Å². The third-order valence-corrected chi connectivity index (χ3v) is 4.39. The molecule has 1 N–H and O–H groups in total. The Morgan fingerprint density at radius 3 is 2.56 bits per heavy atom. The van der Waals surface area contributed by atoms with Crippen LogP contribution in [0.15, 0.2) is 18.2 Å². The number of hydrogen-bond acceptors (Lipinski definition) is 1. The van der Waals surface area contributed by atoms with Gasteiger partial charge < -0.3 is 5.32 Å². The smallest absolute Gasteiger partial charge is 0.254 e. The van der Waals surface area contributed by atoms with Gasteiger partial charge in [-0.2, -0.15) is 0 Å². The Balaban J connectivity index is 2.12. The third kappa shape index (κ3) is 2.93. The second-order valence-electron chi connectivity index (χ2n) is 4.52. The van der Waals surface area contributed by atoms with Crippen LogP contribution in [0.4, 0.5) is 0 Å². The minimum absolute atomic E-state index is 0.127. The molecule has 0 aromatic heterocycles. The number of nitrogens with one attached hydrogen (secondary N) is 1. The fraction of sp³-hybridized carbons (Fsp3) is 0.462. The zero-order chi connectivity index (χ0) is 13.1. The van der Waals surface area contributed by atoms with Crippen LogP contribution < -0.4 is 5.32 Å². The summed E-state index contributed by atoms with van der Waals surface area (Å²) in [6.45, 7) is 0. The van der Waals surface area contributed by atoms with Gasteiger partial charge in [-0.05, 0) is 30.9 Å². The first-order valence-electron chi connectivity index (χ1n) is 5.94. The minimum Gasteiger partial charge on any atom is -0.349 e. The van der Waals surface area contributed by atoms with E-state index in [1.807, 2.05) is 0 Å². The summed E-state index contributed by atoms with van der Waals surface area (Å²) in [5.74, 6) is 0.700. The Kier molecular flexibility index (Phi) is 4.77. The summed E-state index contributed by atoms with van der Waals surface area (Å²) in [7, 11) is 0. The van der Waals surface area contributed by atoms with E-state index in [0.717, 1.165) is 19.3 Å². The van der Waals surface area contributed by atoms with E-state index in [9.17, 15) is 4.79 Å². The van der Waals surface area contributed by atoms with E-state index in [1.54, 1.807) is 18.2 Å². The first-order valence-corrected chi connectivity index (χ1v) is 7.23. The second-order valence-corrected chi connectivity index (χ2v) is 5.64. The molecule has 0 heterocycles. The summed E-state index contributed by atoms with van der Waals surface area (Å²) in [4.78, 5) is 12.2. The lowest BCUT2D eigenvalue weighted by atomic mass is 10.1. The van der Waals surface area contributed by atoms with Crippen molar-refractivity contribution in [3.05, 3.63) is 33.8 Å². The van der Waals surface area contributed by atoms with Crippen LogP contribution in [-0.2, 0) is 0 Å². The van der Waals surface area contributed by atoms with E-state index in [0.29, 0.717) is 27.4 Å². The zero-order valence-corrected chi connectivity index (χ0v) is 12.0. The van der Waals surface area contributed by atoms with Gasteiger partial charge in [-0.25, -0.2) is 0 Å². The normalized spacial score (nSPS) is 23.1. The molecule has 1 aliphatic rings. The fourth-order valence-corrected chi connectivity index (χ4v) is 3.31. The van der Waals surface area contributed by atoms with Crippen LogP contribution in [0, 0.1) is 5.92 Å². The molecule has 0 radical (unpaired) electrons. The number of hydrogen-bond donors (Lipinski definition) is 1. The van der Waals surface area contributed by atoms with Gasteiger partial charge in [0.2, 0.25) is 0 Å². The second kappa shape index (κ2) is 6.14. The molecule has 1 aromatic rings. The molecule has 0 saturated heterocycles. The zero-order valence-electron chi connectivity index (χ0n) is 9.76. The molecule has 18 heavy (non-hydrogen) atoms. The summed E-state index contributed by atoms with van der Waals surface area (Å²) in [5.41, 5.74) is 0.348. The van der Waals surface area contributed by atoms with E-state index in [4.69, 9.17) is 34.8 Å². The standard InChI is InChI=1S/C13H14Cl3NO/c14-7-8-3-1-6-11(8)17-13(18)12-9(15)4-2-5-10(12)16/h2,4-5,8,11H,1,3,6-7H2,(H,17,18). The Hall–Kier alpha value is -0.440. The molecule has 2 unspecified atom stereocenters.